The third-order valence-corrected chi connectivity index (χ3v) is 4.10. The standard InChI is InChI=1S/C21H21F2NO4/c1-12(2)18(24-20(26)15-6-10-17(23)11-7-15)21(27)28-13(3)19(25)14-4-8-16(22)9-5-14/h4-13,18H,1-3H3,(H,24,26)/t13-,18+/m1/s1. The molecule has 2 aromatic carbocycles. The number of ketones is 1. The van der Waals surface area contributed by atoms with Crippen LogP contribution in [0.15, 0.2) is 48.5 Å². The molecule has 0 fully saturated rings. The molecule has 148 valence electrons. The van der Waals surface area contributed by atoms with Crippen molar-refractivity contribution in [2.24, 2.45) is 5.92 Å². The van der Waals surface area contributed by atoms with Crippen LogP contribution in [0, 0.1) is 17.6 Å². The molecule has 2 atom stereocenters. The summed E-state index contributed by atoms with van der Waals surface area (Å²) in [5.74, 6) is -3.10. The first-order valence-electron chi connectivity index (χ1n) is 8.75. The summed E-state index contributed by atoms with van der Waals surface area (Å²) in [5.41, 5.74) is 0.397. The van der Waals surface area contributed by atoms with Gasteiger partial charge in [-0.3, -0.25) is 9.59 Å². The second-order valence-electron chi connectivity index (χ2n) is 6.65. The average Bonchev–Trinajstić information content (AvgIpc) is 2.66. The maximum absolute atomic E-state index is 13.0. The normalized spacial score (nSPS) is 12.9. The molecule has 0 saturated carbocycles. The zero-order valence-electron chi connectivity index (χ0n) is 15.7. The molecular formula is C21H21F2NO4. The van der Waals surface area contributed by atoms with Crippen molar-refractivity contribution in [2.75, 3.05) is 0 Å². The number of esters is 1. The minimum absolute atomic E-state index is 0.190. The summed E-state index contributed by atoms with van der Waals surface area (Å²) in [5, 5.41) is 2.55. The van der Waals surface area contributed by atoms with Crippen LogP contribution in [0.2, 0.25) is 0 Å². The van der Waals surface area contributed by atoms with E-state index in [0.717, 1.165) is 24.3 Å². The molecule has 28 heavy (non-hydrogen) atoms. The van der Waals surface area contributed by atoms with E-state index in [0.29, 0.717) is 0 Å². The Morgan fingerprint density at radius 2 is 1.29 bits per heavy atom. The first kappa shape index (κ1) is 21.2. The first-order valence-corrected chi connectivity index (χ1v) is 8.75. The van der Waals surface area contributed by atoms with Crippen LogP contribution in [-0.2, 0) is 9.53 Å². The van der Waals surface area contributed by atoms with Crippen molar-refractivity contribution >= 4 is 17.7 Å². The number of hydrogen-bond donors (Lipinski definition) is 1. The summed E-state index contributed by atoms with van der Waals surface area (Å²) < 4.78 is 31.2. The predicted octanol–water partition coefficient (Wildman–Crippen LogP) is 3.53. The van der Waals surface area contributed by atoms with Crippen LogP contribution in [0.5, 0.6) is 0 Å². The van der Waals surface area contributed by atoms with Crippen LogP contribution in [0.1, 0.15) is 41.5 Å². The number of amides is 1. The second-order valence-corrected chi connectivity index (χ2v) is 6.65. The van der Waals surface area contributed by atoms with E-state index in [1.165, 1.54) is 31.2 Å². The highest BCUT2D eigenvalue weighted by Gasteiger charge is 2.29. The number of hydrogen-bond acceptors (Lipinski definition) is 4. The molecule has 1 amide bonds. The summed E-state index contributed by atoms with van der Waals surface area (Å²) >= 11 is 0. The SMILES string of the molecule is CC(C)[C@H](NC(=O)c1ccc(F)cc1)C(=O)O[C@H](C)C(=O)c1ccc(F)cc1. The van der Waals surface area contributed by atoms with E-state index in [2.05, 4.69) is 5.32 Å². The van der Waals surface area contributed by atoms with Crippen LogP contribution in [0.4, 0.5) is 8.78 Å². The third-order valence-electron chi connectivity index (χ3n) is 4.10. The Kier molecular flexibility index (Phi) is 6.98. The lowest BCUT2D eigenvalue weighted by molar-refractivity contribution is -0.149. The van der Waals surface area contributed by atoms with Crippen LogP contribution in [-0.4, -0.2) is 29.8 Å². The van der Waals surface area contributed by atoms with Gasteiger partial charge in [-0.15, -0.1) is 0 Å². The molecule has 0 aliphatic rings. The molecule has 0 radical (unpaired) electrons. The molecule has 2 aromatic rings. The number of nitrogens with one attached hydrogen (secondary N) is 1. The summed E-state index contributed by atoms with van der Waals surface area (Å²) in [4.78, 5) is 37.1. The highest BCUT2D eigenvalue weighted by molar-refractivity contribution is 6.01. The number of carbonyl (C=O) groups excluding carboxylic acids is 3. The van der Waals surface area contributed by atoms with Crippen LogP contribution in [0.3, 0.4) is 0 Å². The van der Waals surface area contributed by atoms with Gasteiger partial charge in [-0.05, 0) is 61.4 Å². The van der Waals surface area contributed by atoms with Gasteiger partial charge >= 0.3 is 5.97 Å². The molecule has 0 unspecified atom stereocenters. The maximum Gasteiger partial charge on any atom is 0.329 e. The zero-order chi connectivity index (χ0) is 20.8. The van der Waals surface area contributed by atoms with E-state index in [1.807, 2.05) is 0 Å². The number of benzene rings is 2. The summed E-state index contributed by atoms with van der Waals surface area (Å²) in [6.45, 7) is 4.83. The Morgan fingerprint density at radius 1 is 0.821 bits per heavy atom. The monoisotopic (exact) mass is 389 g/mol. The van der Waals surface area contributed by atoms with Gasteiger partial charge in [-0.1, -0.05) is 13.8 Å². The van der Waals surface area contributed by atoms with Gasteiger partial charge in [0, 0.05) is 11.1 Å². The minimum Gasteiger partial charge on any atom is -0.453 e. The van der Waals surface area contributed by atoms with E-state index in [-0.39, 0.29) is 17.0 Å². The van der Waals surface area contributed by atoms with Crippen molar-refractivity contribution in [2.45, 2.75) is 32.9 Å². The third kappa shape index (κ3) is 5.45. The number of rotatable bonds is 7. The van der Waals surface area contributed by atoms with Gasteiger partial charge < -0.3 is 10.1 Å². The molecule has 0 aliphatic carbocycles. The van der Waals surface area contributed by atoms with Gasteiger partial charge in [0.1, 0.15) is 17.7 Å². The second kappa shape index (κ2) is 9.21. The lowest BCUT2D eigenvalue weighted by Gasteiger charge is -2.23. The summed E-state index contributed by atoms with van der Waals surface area (Å²) in [7, 11) is 0. The van der Waals surface area contributed by atoms with Gasteiger partial charge in [-0.2, -0.15) is 0 Å². The van der Waals surface area contributed by atoms with Crippen molar-refractivity contribution in [3.8, 4) is 0 Å². The topological polar surface area (TPSA) is 72.5 Å². The summed E-state index contributed by atoms with van der Waals surface area (Å²) in [6.07, 6.45) is -1.11. The van der Waals surface area contributed by atoms with Crippen LogP contribution in [0.25, 0.3) is 0 Å². The Bertz CT molecular complexity index is 848. The first-order chi connectivity index (χ1) is 13.2. The van der Waals surface area contributed by atoms with Gasteiger partial charge in [0.05, 0.1) is 0 Å². The molecule has 0 aliphatic heterocycles. The van der Waals surface area contributed by atoms with E-state index < -0.39 is 41.4 Å². The number of carbonyl (C=O) groups is 3. The zero-order valence-corrected chi connectivity index (χ0v) is 15.7. The van der Waals surface area contributed by atoms with E-state index >= 15 is 0 Å². The molecule has 0 bridgehead atoms. The largest absolute Gasteiger partial charge is 0.453 e. The number of ether oxygens (including phenoxy) is 1. The van der Waals surface area contributed by atoms with Gasteiger partial charge in [0.25, 0.3) is 5.91 Å². The molecule has 5 nitrogen and oxygen atoms in total. The number of halogens is 2. The fourth-order valence-electron chi connectivity index (χ4n) is 2.47. The Morgan fingerprint density at radius 3 is 1.75 bits per heavy atom. The van der Waals surface area contributed by atoms with Crippen molar-refractivity contribution in [1.82, 2.24) is 5.32 Å². The molecule has 7 heteroatoms. The van der Waals surface area contributed by atoms with Gasteiger partial charge in [0.15, 0.2) is 6.10 Å². The smallest absolute Gasteiger partial charge is 0.329 e. The highest BCUT2D eigenvalue weighted by atomic mass is 19.1. The Hall–Kier alpha value is -3.09. The van der Waals surface area contributed by atoms with Gasteiger partial charge in [0.2, 0.25) is 5.78 Å². The Labute approximate surface area is 161 Å². The molecule has 2 rings (SSSR count). The lowest BCUT2D eigenvalue weighted by Crippen LogP contribution is -2.46. The molecule has 0 aromatic heterocycles. The fraction of sp³-hybridized carbons (Fsp3) is 0.286. The molecule has 0 heterocycles. The molecule has 0 spiro atoms. The summed E-state index contributed by atoms with van der Waals surface area (Å²) in [6, 6.07) is 8.77. The van der Waals surface area contributed by atoms with Crippen molar-refractivity contribution < 1.29 is 27.9 Å². The van der Waals surface area contributed by atoms with E-state index in [4.69, 9.17) is 4.74 Å². The highest BCUT2D eigenvalue weighted by Crippen LogP contribution is 2.12. The van der Waals surface area contributed by atoms with E-state index in [9.17, 15) is 23.2 Å². The molecular weight excluding hydrogens is 368 g/mol. The molecule has 1 N–H and O–H groups in total. The van der Waals surface area contributed by atoms with Gasteiger partial charge in [-0.25, -0.2) is 13.6 Å². The number of Topliss-reactive ketones (excluding diaryl/α,β-unsaturated/α-hetero) is 1. The molecule has 0 saturated heterocycles. The average molecular weight is 389 g/mol. The minimum atomic E-state index is -1.11. The fourth-order valence-corrected chi connectivity index (χ4v) is 2.47. The lowest BCUT2D eigenvalue weighted by atomic mass is 10.0. The van der Waals surface area contributed by atoms with Crippen molar-refractivity contribution in [3.63, 3.8) is 0 Å². The van der Waals surface area contributed by atoms with Crippen molar-refractivity contribution in [1.29, 1.82) is 0 Å². The van der Waals surface area contributed by atoms with Crippen molar-refractivity contribution in [3.05, 3.63) is 71.3 Å². The van der Waals surface area contributed by atoms with Crippen LogP contribution >= 0.6 is 0 Å². The Balaban J connectivity index is 2.05. The maximum atomic E-state index is 13.0. The van der Waals surface area contributed by atoms with Crippen LogP contribution < -0.4 is 5.32 Å². The van der Waals surface area contributed by atoms with E-state index in [1.54, 1.807) is 13.8 Å². The quantitative estimate of drug-likeness (QED) is 0.581. The predicted molar refractivity (Wildman–Crippen MR) is 98.8 cm³/mol.